The number of pyridine rings is 1. The minimum Gasteiger partial charge on any atom is -0.385 e. The van der Waals surface area contributed by atoms with Crippen molar-refractivity contribution in [3.05, 3.63) is 42.2 Å². The minimum atomic E-state index is 0.284. The third-order valence-electron chi connectivity index (χ3n) is 3.22. The van der Waals surface area contributed by atoms with Gasteiger partial charge in [0.25, 0.3) is 0 Å². The molecule has 0 fully saturated rings. The molecule has 3 nitrogen and oxygen atoms in total. The SMILES string of the molecule is CNC(CCCOC)c1nccc2ccccc12. The van der Waals surface area contributed by atoms with Crippen LogP contribution in [0.4, 0.5) is 0 Å². The van der Waals surface area contributed by atoms with E-state index in [1.807, 2.05) is 13.2 Å². The third-order valence-corrected chi connectivity index (χ3v) is 3.22. The van der Waals surface area contributed by atoms with Crippen molar-refractivity contribution in [2.45, 2.75) is 18.9 Å². The van der Waals surface area contributed by atoms with Gasteiger partial charge in [-0.2, -0.15) is 0 Å². The molecule has 0 aliphatic heterocycles. The van der Waals surface area contributed by atoms with Gasteiger partial charge < -0.3 is 10.1 Å². The predicted octanol–water partition coefficient (Wildman–Crippen LogP) is 2.92. The van der Waals surface area contributed by atoms with E-state index in [0.29, 0.717) is 0 Å². The fourth-order valence-corrected chi connectivity index (χ4v) is 2.27. The van der Waals surface area contributed by atoms with Crippen molar-refractivity contribution in [2.24, 2.45) is 0 Å². The first kappa shape index (κ1) is 13.0. The van der Waals surface area contributed by atoms with Gasteiger partial charge in [0.05, 0.1) is 5.69 Å². The first-order valence-electron chi connectivity index (χ1n) is 6.36. The molecule has 0 spiro atoms. The van der Waals surface area contributed by atoms with Crippen LogP contribution in [0.25, 0.3) is 10.8 Å². The zero-order chi connectivity index (χ0) is 12.8. The molecular weight excluding hydrogens is 224 g/mol. The molecule has 1 N–H and O–H groups in total. The number of hydrogen-bond acceptors (Lipinski definition) is 3. The number of aromatic nitrogens is 1. The number of hydrogen-bond donors (Lipinski definition) is 1. The number of fused-ring (bicyclic) bond motifs is 1. The Labute approximate surface area is 108 Å². The summed E-state index contributed by atoms with van der Waals surface area (Å²) in [4.78, 5) is 4.55. The van der Waals surface area contributed by atoms with Crippen LogP contribution in [0.15, 0.2) is 36.5 Å². The first-order chi connectivity index (χ1) is 8.86. The second-order valence-corrected chi connectivity index (χ2v) is 4.39. The van der Waals surface area contributed by atoms with Crippen molar-refractivity contribution in [3.63, 3.8) is 0 Å². The fourth-order valence-electron chi connectivity index (χ4n) is 2.27. The number of rotatable bonds is 6. The predicted molar refractivity (Wildman–Crippen MR) is 74.7 cm³/mol. The Morgan fingerprint density at radius 1 is 1.28 bits per heavy atom. The Kier molecular flexibility index (Phi) is 4.67. The molecule has 1 unspecified atom stereocenters. The lowest BCUT2D eigenvalue weighted by Gasteiger charge is -2.17. The maximum atomic E-state index is 5.11. The fraction of sp³-hybridized carbons (Fsp3) is 0.400. The van der Waals surface area contributed by atoms with Gasteiger partial charge in [0, 0.05) is 31.3 Å². The van der Waals surface area contributed by atoms with E-state index < -0.39 is 0 Å². The summed E-state index contributed by atoms with van der Waals surface area (Å²) in [5.41, 5.74) is 1.13. The van der Waals surface area contributed by atoms with Crippen LogP contribution in [-0.4, -0.2) is 25.7 Å². The van der Waals surface area contributed by atoms with E-state index in [-0.39, 0.29) is 6.04 Å². The summed E-state index contributed by atoms with van der Waals surface area (Å²) in [5, 5.41) is 5.83. The Morgan fingerprint density at radius 2 is 2.11 bits per heavy atom. The summed E-state index contributed by atoms with van der Waals surface area (Å²) in [5.74, 6) is 0. The highest BCUT2D eigenvalue weighted by molar-refractivity contribution is 5.84. The van der Waals surface area contributed by atoms with E-state index in [0.717, 1.165) is 25.1 Å². The molecule has 0 amide bonds. The van der Waals surface area contributed by atoms with Crippen LogP contribution in [0.5, 0.6) is 0 Å². The van der Waals surface area contributed by atoms with Crippen molar-refractivity contribution >= 4 is 10.8 Å². The van der Waals surface area contributed by atoms with E-state index in [1.54, 1.807) is 7.11 Å². The van der Waals surface area contributed by atoms with Crippen LogP contribution in [0.1, 0.15) is 24.6 Å². The van der Waals surface area contributed by atoms with Crippen molar-refractivity contribution in [3.8, 4) is 0 Å². The number of nitrogens with one attached hydrogen (secondary N) is 1. The molecule has 0 radical (unpaired) electrons. The molecule has 96 valence electrons. The van der Waals surface area contributed by atoms with E-state index >= 15 is 0 Å². The second-order valence-electron chi connectivity index (χ2n) is 4.39. The van der Waals surface area contributed by atoms with Gasteiger partial charge in [-0.15, -0.1) is 0 Å². The molecule has 2 aromatic rings. The molecule has 1 aromatic carbocycles. The van der Waals surface area contributed by atoms with E-state index in [4.69, 9.17) is 4.74 Å². The summed E-state index contributed by atoms with van der Waals surface area (Å²) in [6, 6.07) is 10.7. The molecule has 0 saturated carbocycles. The minimum absolute atomic E-state index is 0.284. The van der Waals surface area contributed by atoms with Gasteiger partial charge in [-0.3, -0.25) is 4.98 Å². The zero-order valence-corrected chi connectivity index (χ0v) is 11.0. The molecule has 0 bridgehead atoms. The monoisotopic (exact) mass is 244 g/mol. The summed E-state index contributed by atoms with van der Waals surface area (Å²) in [7, 11) is 3.73. The molecule has 18 heavy (non-hydrogen) atoms. The molecule has 1 heterocycles. The lowest BCUT2D eigenvalue weighted by molar-refractivity contribution is 0.189. The topological polar surface area (TPSA) is 34.1 Å². The van der Waals surface area contributed by atoms with Gasteiger partial charge in [-0.05, 0) is 31.3 Å². The molecule has 1 aromatic heterocycles. The highest BCUT2D eigenvalue weighted by atomic mass is 16.5. The molecule has 0 aliphatic carbocycles. The van der Waals surface area contributed by atoms with Crippen molar-refractivity contribution in [1.82, 2.24) is 10.3 Å². The highest BCUT2D eigenvalue weighted by Gasteiger charge is 2.13. The van der Waals surface area contributed by atoms with Crippen LogP contribution < -0.4 is 5.32 Å². The summed E-state index contributed by atoms with van der Waals surface area (Å²) in [6.45, 7) is 0.795. The van der Waals surface area contributed by atoms with Crippen LogP contribution in [0.3, 0.4) is 0 Å². The van der Waals surface area contributed by atoms with Crippen LogP contribution in [0, 0.1) is 0 Å². The maximum Gasteiger partial charge on any atom is 0.0651 e. The van der Waals surface area contributed by atoms with Crippen molar-refractivity contribution in [1.29, 1.82) is 0 Å². The van der Waals surface area contributed by atoms with E-state index in [1.165, 1.54) is 10.8 Å². The summed E-state index contributed by atoms with van der Waals surface area (Å²) in [6.07, 6.45) is 3.95. The average molecular weight is 244 g/mol. The molecular formula is C15H20N2O. The average Bonchev–Trinajstić information content (AvgIpc) is 2.43. The quantitative estimate of drug-likeness (QED) is 0.793. The summed E-state index contributed by atoms with van der Waals surface area (Å²) >= 11 is 0. The van der Waals surface area contributed by atoms with Crippen LogP contribution >= 0.6 is 0 Å². The van der Waals surface area contributed by atoms with E-state index in [9.17, 15) is 0 Å². The maximum absolute atomic E-state index is 5.11. The molecule has 3 heteroatoms. The highest BCUT2D eigenvalue weighted by Crippen LogP contribution is 2.24. The number of ether oxygens (including phenoxy) is 1. The lowest BCUT2D eigenvalue weighted by Crippen LogP contribution is -2.18. The van der Waals surface area contributed by atoms with Gasteiger partial charge in [0.15, 0.2) is 0 Å². The smallest absolute Gasteiger partial charge is 0.0651 e. The van der Waals surface area contributed by atoms with Gasteiger partial charge >= 0.3 is 0 Å². The van der Waals surface area contributed by atoms with Gasteiger partial charge in [0.1, 0.15) is 0 Å². The number of benzene rings is 1. The van der Waals surface area contributed by atoms with Crippen LogP contribution in [-0.2, 0) is 4.74 Å². The Hall–Kier alpha value is -1.45. The standard InChI is InChI=1S/C15H20N2O/c1-16-14(8-5-11-18-2)15-13-7-4-3-6-12(13)9-10-17-15/h3-4,6-7,9-10,14,16H,5,8,11H2,1-2H3. The van der Waals surface area contributed by atoms with Gasteiger partial charge in [-0.1, -0.05) is 24.3 Å². The van der Waals surface area contributed by atoms with Gasteiger partial charge in [0.2, 0.25) is 0 Å². The first-order valence-corrected chi connectivity index (χ1v) is 6.36. The Morgan fingerprint density at radius 3 is 2.89 bits per heavy atom. The summed E-state index contributed by atoms with van der Waals surface area (Å²) < 4.78 is 5.11. The van der Waals surface area contributed by atoms with Crippen LogP contribution in [0.2, 0.25) is 0 Å². The molecule has 0 aliphatic rings. The largest absolute Gasteiger partial charge is 0.385 e. The number of nitrogens with zero attached hydrogens (tertiary/aromatic N) is 1. The second kappa shape index (κ2) is 6.47. The van der Waals surface area contributed by atoms with Gasteiger partial charge in [-0.25, -0.2) is 0 Å². The molecule has 2 rings (SSSR count). The molecule has 1 atom stereocenters. The van der Waals surface area contributed by atoms with Crippen molar-refractivity contribution < 1.29 is 4.74 Å². The lowest BCUT2D eigenvalue weighted by atomic mass is 10.0. The molecule has 0 saturated heterocycles. The van der Waals surface area contributed by atoms with Crippen molar-refractivity contribution in [2.75, 3.05) is 20.8 Å². The Bertz CT molecular complexity index is 493. The normalized spacial score (nSPS) is 12.8. The zero-order valence-electron chi connectivity index (χ0n) is 11.0. The Balaban J connectivity index is 2.27. The third kappa shape index (κ3) is 2.86. The number of methoxy groups -OCH3 is 1. The van der Waals surface area contributed by atoms with E-state index in [2.05, 4.69) is 40.6 Å².